The van der Waals surface area contributed by atoms with Crippen LogP contribution in [0.4, 0.5) is 11.5 Å². The molecule has 0 aliphatic carbocycles. The number of nitrogen functional groups attached to an aromatic ring is 1. The first-order valence-corrected chi connectivity index (χ1v) is 6.73. The third-order valence-corrected chi connectivity index (χ3v) is 3.79. The molecule has 0 spiro atoms. The smallest absolute Gasteiger partial charge is 0.226 e. The SMILES string of the molecule is CN1CCC(CCC(=O)N(C)c2ccc(N)nc2)C1. The quantitative estimate of drug-likeness (QED) is 0.890. The largest absolute Gasteiger partial charge is 0.384 e. The van der Waals surface area contributed by atoms with Crippen molar-refractivity contribution in [3.05, 3.63) is 18.3 Å². The van der Waals surface area contributed by atoms with E-state index in [1.54, 1.807) is 24.2 Å². The first-order chi connectivity index (χ1) is 9.06. The van der Waals surface area contributed by atoms with Gasteiger partial charge in [-0.25, -0.2) is 4.98 Å². The first kappa shape index (κ1) is 13.8. The van der Waals surface area contributed by atoms with Gasteiger partial charge < -0.3 is 15.5 Å². The fourth-order valence-electron chi connectivity index (χ4n) is 2.50. The summed E-state index contributed by atoms with van der Waals surface area (Å²) in [6, 6.07) is 3.54. The highest BCUT2D eigenvalue weighted by atomic mass is 16.2. The van der Waals surface area contributed by atoms with Crippen molar-refractivity contribution < 1.29 is 4.79 Å². The van der Waals surface area contributed by atoms with Crippen LogP contribution in [0.2, 0.25) is 0 Å². The summed E-state index contributed by atoms with van der Waals surface area (Å²) in [6.07, 6.45) is 4.41. The molecule has 0 bridgehead atoms. The molecule has 19 heavy (non-hydrogen) atoms. The van der Waals surface area contributed by atoms with Crippen LogP contribution in [0.3, 0.4) is 0 Å². The maximum atomic E-state index is 12.1. The van der Waals surface area contributed by atoms with Crippen molar-refractivity contribution in [1.82, 2.24) is 9.88 Å². The minimum Gasteiger partial charge on any atom is -0.384 e. The van der Waals surface area contributed by atoms with Crippen molar-refractivity contribution in [1.29, 1.82) is 0 Å². The average molecular weight is 262 g/mol. The van der Waals surface area contributed by atoms with Gasteiger partial charge in [0.25, 0.3) is 0 Å². The summed E-state index contributed by atoms with van der Waals surface area (Å²) >= 11 is 0. The molecule has 1 atom stereocenters. The van der Waals surface area contributed by atoms with E-state index >= 15 is 0 Å². The van der Waals surface area contributed by atoms with Crippen molar-refractivity contribution >= 4 is 17.4 Å². The molecule has 1 aromatic rings. The molecule has 2 heterocycles. The molecule has 1 aliphatic heterocycles. The summed E-state index contributed by atoms with van der Waals surface area (Å²) in [6.45, 7) is 2.26. The van der Waals surface area contributed by atoms with Crippen molar-refractivity contribution in [3.63, 3.8) is 0 Å². The Kier molecular flexibility index (Phi) is 4.37. The molecule has 1 amide bonds. The third kappa shape index (κ3) is 3.67. The van der Waals surface area contributed by atoms with Crippen LogP contribution in [-0.2, 0) is 4.79 Å². The molecule has 104 valence electrons. The predicted octanol–water partition coefficient (Wildman–Crippen LogP) is 1.36. The fourth-order valence-corrected chi connectivity index (χ4v) is 2.50. The van der Waals surface area contributed by atoms with Gasteiger partial charge in [-0.05, 0) is 44.5 Å². The molecule has 2 rings (SSSR count). The number of pyridine rings is 1. The number of rotatable bonds is 4. The Morgan fingerprint density at radius 2 is 2.37 bits per heavy atom. The number of carbonyl (C=O) groups is 1. The molecule has 2 N–H and O–H groups in total. The summed E-state index contributed by atoms with van der Waals surface area (Å²) < 4.78 is 0. The van der Waals surface area contributed by atoms with Crippen LogP contribution >= 0.6 is 0 Å². The van der Waals surface area contributed by atoms with E-state index in [9.17, 15) is 4.79 Å². The lowest BCUT2D eigenvalue weighted by molar-refractivity contribution is -0.118. The Morgan fingerprint density at radius 1 is 1.58 bits per heavy atom. The van der Waals surface area contributed by atoms with Gasteiger partial charge in [0.05, 0.1) is 11.9 Å². The zero-order valence-electron chi connectivity index (χ0n) is 11.7. The van der Waals surface area contributed by atoms with Gasteiger partial charge in [-0.15, -0.1) is 0 Å². The van der Waals surface area contributed by atoms with Crippen molar-refractivity contribution in [2.45, 2.75) is 19.3 Å². The van der Waals surface area contributed by atoms with Gasteiger partial charge in [0.2, 0.25) is 5.91 Å². The van der Waals surface area contributed by atoms with Crippen molar-refractivity contribution in [3.8, 4) is 0 Å². The van der Waals surface area contributed by atoms with E-state index in [4.69, 9.17) is 5.73 Å². The second kappa shape index (κ2) is 6.02. The highest BCUT2D eigenvalue weighted by Gasteiger charge is 2.21. The molecule has 0 aromatic carbocycles. The molecule has 1 aromatic heterocycles. The normalized spacial score (nSPS) is 19.6. The van der Waals surface area contributed by atoms with Gasteiger partial charge in [-0.1, -0.05) is 0 Å². The average Bonchev–Trinajstić information content (AvgIpc) is 2.82. The Balaban J connectivity index is 1.84. The van der Waals surface area contributed by atoms with E-state index in [2.05, 4.69) is 16.9 Å². The second-order valence-corrected chi connectivity index (χ2v) is 5.35. The third-order valence-electron chi connectivity index (χ3n) is 3.79. The highest BCUT2D eigenvalue weighted by molar-refractivity contribution is 5.92. The van der Waals surface area contributed by atoms with Crippen LogP contribution in [0.15, 0.2) is 18.3 Å². The summed E-state index contributed by atoms with van der Waals surface area (Å²) in [5.41, 5.74) is 6.33. The molecule has 1 unspecified atom stereocenters. The lowest BCUT2D eigenvalue weighted by Crippen LogP contribution is -2.26. The van der Waals surface area contributed by atoms with Gasteiger partial charge in [0.15, 0.2) is 0 Å². The highest BCUT2D eigenvalue weighted by Crippen LogP contribution is 2.21. The minimum absolute atomic E-state index is 0.140. The van der Waals surface area contributed by atoms with E-state index < -0.39 is 0 Å². The zero-order valence-corrected chi connectivity index (χ0v) is 11.7. The molecule has 0 radical (unpaired) electrons. The Morgan fingerprint density at radius 3 is 2.95 bits per heavy atom. The first-order valence-electron chi connectivity index (χ1n) is 6.73. The number of nitrogens with zero attached hydrogens (tertiary/aromatic N) is 3. The minimum atomic E-state index is 0.140. The van der Waals surface area contributed by atoms with Gasteiger partial charge in [0.1, 0.15) is 5.82 Å². The van der Waals surface area contributed by atoms with Gasteiger partial charge in [-0.3, -0.25) is 4.79 Å². The van der Waals surface area contributed by atoms with Crippen LogP contribution in [0, 0.1) is 5.92 Å². The molecular weight excluding hydrogens is 240 g/mol. The standard InChI is InChI=1S/C14H22N4O/c1-17-8-7-11(10-17)3-6-14(19)18(2)12-4-5-13(15)16-9-12/h4-5,9,11H,3,6-8,10H2,1-2H3,(H2,15,16). The summed E-state index contributed by atoms with van der Waals surface area (Å²) in [7, 11) is 3.92. The number of carbonyl (C=O) groups excluding carboxylic acids is 1. The van der Waals surface area contributed by atoms with Gasteiger partial charge in [-0.2, -0.15) is 0 Å². The van der Waals surface area contributed by atoms with Crippen LogP contribution in [-0.4, -0.2) is 43.0 Å². The second-order valence-electron chi connectivity index (χ2n) is 5.35. The van der Waals surface area contributed by atoms with E-state index in [-0.39, 0.29) is 5.91 Å². The van der Waals surface area contributed by atoms with E-state index in [0.29, 0.717) is 18.2 Å². The lowest BCUT2D eigenvalue weighted by atomic mass is 10.0. The summed E-state index contributed by atoms with van der Waals surface area (Å²) in [5.74, 6) is 1.27. The molecule has 0 saturated carbocycles. The lowest BCUT2D eigenvalue weighted by Gasteiger charge is -2.18. The van der Waals surface area contributed by atoms with Crippen LogP contribution in [0.25, 0.3) is 0 Å². The molecule has 5 nitrogen and oxygen atoms in total. The Labute approximate surface area is 114 Å². The maximum absolute atomic E-state index is 12.1. The number of hydrogen-bond acceptors (Lipinski definition) is 4. The number of nitrogens with two attached hydrogens (primary N) is 1. The number of amides is 1. The number of aromatic nitrogens is 1. The van der Waals surface area contributed by atoms with Gasteiger partial charge >= 0.3 is 0 Å². The topological polar surface area (TPSA) is 62.5 Å². The number of hydrogen-bond donors (Lipinski definition) is 1. The maximum Gasteiger partial charge on any atom is 0.226 e. The molecular formula is C14H22N4O. The number of likely N-dealkylation sites (tertiary alicyclic amines) is 1. The van der Waals surface area contributed by atoms with E-state index in [1.807, 2.05) is 6.07 Å². The molecule has 1 fully saturated rings. The Bertz CT molecular complexity index is 432. The molecule has 1 aliphatic rings. The van der Waals surface area contributed by atoms with Crippen molar-refractivity contribution in [2.75, 3.05) is 37.8 Å². The summed E-state index contributed by atoms with van der Waals surface area (Å²) in [4.78, 5) is 20.1. The van der Waals surface area contributed by atoms with Crippen LogP contribution in [0.5, 0.6) is 0 Å². The van der Waals surface area contributed by atoms with Crippen LogP contribution < -0.4 is 10.6 Å². The zero-order chi connectivity index (χ0) is 13.8. The Hall–Kier alpha value is -1.62. The predicted molar refractivity (Wildman–Crippen MR) is 76.9 cm³/mol. The van der Waals surface area contributed by atoms with Gasteiger partial charge in [0, 0.05) is 20.0 Å². The number of anilines is 2. The van der Waals surface area contributed by atoms with E-state index in [0.717, 1.165) is 25.2 Å². The molecule has 5 heteroatoms. The molecule has 1 saturated heterocycles. The fraction of sp³-hybridized carbons (Fsp3) is 0.571. The van der Waals surface area contributed by atoms with Crippen molar-refractivity contribution in [2.24, 2.45) is 5.92 Å². The van der Waals surface area contributed by atoms with E-state index in [1.165, 1.54) is 6.42 Å². The summed E-state index contributed by atoms with van der Waals surface area (Å²) in [5, 5.41) is 0. The monoisotopic (exact) mass is 262 g/mol. The van der Waals surface area contributed by atoms with Crippen LogP contribution in [0.1, 0.15) is 19.3 Å².